The summed E-state index contributed by atoms with van der Waals surface area (Å²) in [5.74, 6) is -0.851. The second-order valence-corrected chi connectivity index (χ2v) is 15.7. The predicted octanol–water partition coefficient (Wildman–Crippen LogP) is 12.2. The van der Waals surface area contributed by atoms with Crippen LogP contribution in [-0.2, 0) is 32.7 Å². The van der Waals surface area contributed by atoms with Gasteiger partial charge in [-0.1, -0.05) is 147 Å². The van der Waals surface area contributed by atoms with Gasteiger partial charge in [-0.15, -0.1) is 0 Å². The Morgan fingerprint density at radius 3 is 1.51 bits per heavy atom. The SMILES string of the molecule is CCCCC/C=C/C/C=C/CCCCCCCCCCCC(=O)O[C@H](COC(=O)CCCCC/C=C/CCCCCCCC)COP(=O)(O)OCCN. The Kier molecular flexibility index (Phi) is 38.6. The van der Waals surface area contributed by atoms with Gasteiger partial charge in [0.2, 0.25) is 0 Å². The summed E-state index contributed by atoms with van der Waals surface area (Å²) in [6, 6.07) is 0. The van der Waals surface area contributed by atoms with Gasteiger partial charge in [0.25, 0.3) is 0 Å². The number of phosphoric ester groups is 1. The molecule has 0 aromatic rings. The summed E-state index contributed by atoms with van der Waals surface area (Å²) < 4.78 is 32.7. The van der Waals surface area contributed by atoms with Gasteiger partial charge in [-0.2, -0.15) is 0 Å². The first kappa shape index (κ1) is 51.2. The van der Waals surface area contributed by atoms with Gasteiger partial charge in [0, 0.05) is 19.4 Å². The highest BCUT2D eigenvalue weighted by Gasteiger charge is 2.26. The fourth-order valence-electron chi connectivity index (χ4n) is 5.78. The van der Waals surface area contributed by atoms with E-state index in [1.807, 2.05) is 0 Å². The van der Waals surface area contributed by atoms with Crippen molar-refractivity contribution in [1.29, 1.82) is 0 Å². The zero-order chi connectivity index (χ0) is 38.9. The number of allylic oxidation sites excluding steroid dienone is 6. The van der Waals surface area contributed by atoms with Crippen LogP contribution in [0.4, 0.5) is 0 Å². The molecule has 10 heteroatoms. The third-order valence-electron chi connectivity index (χ3n) is 9.00. The Balaban J connectivity index is 4.16. The fourth-order valence-corrected chi connectivity index (χ4v) is 6.54. The molecule has 53 heavy (non-hydrogen) atoms. The normalized spacial score (nSPS) is 13.7. The number of rotatable bonds is 40. The molecule has 0 fully saturated rings. The van der Waals surface area contributed by atoms with Crippen LogP contribution < -0.4 is 5.73 Å². The average Bonchev–Trinajstić information content (AvgIpc) is 3.14. The lowest BCUT2D eigenvalue weighted by Crippen LogP contribution is -2.29. The molecule has 0 aromatic heterocycles. The lowest BCUT2D eigenvalue weighted by atomic mass is 10.1. The van der Waals surface area contributed by atoms with E-state index in [1.54, 1.807) is 0 Å². The summed E-state index contributed by atoms with van der Waals surface area (Å²) in [7, 11) is -4.38. The van der Waals surface area contributed by atoms with E-state index in [0.29, 0.717) is 12.8 Å². The minimum atomic E-state index is -4.38. The standard InChI is InChI=1S/C43H80NO8P/c1-3-5-7-9-11-13-15-17-18-19-20-21-22-24-26-28-30-32-34-36-43(46)52-41(40-51-53(47,48)50-38-37-44)39-49-42(45)35-33-31-29-27-25-23-16-14-12-10-8-6-4-2/h11,13,17-18,23,25,41H,3-10,12,14-16,19-22,24,26-40,44H2,1-2H3,(H,47,48)/b13-11+,18-17+,25-23+/t41-/m1/s1. The zero-order valence-electron chi connectivity index (χ0n) is 34.0. The van der Waals surface area contributed by atoms with Gasteiger partial charge in [-0.25, -0.2) is 4.57 Å². The smallest absolute Gasteiger partial charge is 0.462 e. The van der Waals surface area contributed by atoms with Crippen molar-refractivity contribution in [2.75, 3.05) is 26.4 Å². The third kappa shape index (κ3) is 39.7. The van der Waals surface area contributed by atoms with Gasteiger partial charge in [0.15, 0.2) is 6.10 Å². The summed E-state index contributed by atoms with van der Waals surface area (Å²) in [5, 5.41) is 0. The number of ether oxygens (including phenoxy) is 2. The van der Waals surface area contributed by atoms with Gasteiger partial charge >= 0.3 is 19.8 Å². The number of carbonyl (C=O) groups is 2. The summed E-state index contributed by atoms with van der Waals surface area (Å²) in [6.07, 6.45) is 43.1. The molecule has 0 aliphatic heterocycles. The van der Waals surface area contributed by atoms with E-state index in [2.05, 4.69) is 50.3 Å². The molecular formula is C43H80NO8P. The zero-order valence-corrected chi connectivity index (χ0v) is 34.9. The molecule has 0 aromatic carbocycles. The highest BCUT2D eigenvalue weighted by Crippen LogP contribution is 2.43. The summed E-state index contributed by atoms with van der Waals surface area (Å²) in [4.78, 5) is 34.8. The molecule has 0 bridgehead atoms. The van der Waals surface area contributed by atoms with Crippen LogP contribution in [0.1, 0.15) is 194 Å². The predicted molar refractivity (Wildman–Crippen MR) is 220 cm³/mol. The van der Waals surface area contributed by atoms with Crippen LogP contribution in [0.5, 0.6) is 0 Å². The molecule has 2 atom stereocenters. The van der Waals surface area contributed by atoms with Crippen LogP contribution in [0.15, 0.2) is 36.5 Å². The number of carbonyl (C=O) groups excluding carboxylic acids is 2. The van der Waals surface area contributed by atoms with Crippen molar-refractivity contribution in [3.8, 4) is 0 Å². The lowest BCUT2D eigenvalue weighted by molar-refractivity contribution is -0.161. The van der Waals surface area contributed by atoms with E-state index in [1.165, 1.54) is 96.3 Å². The molecule has 1 unspecified atom stereocenters. The molecule has 0 spiro atoms. The number of hydrogen-bond donors (Lipinski definition) is 2. The second kappa shape index (κ2) is 39.9. The van der Waals surface area contributed by atoms with E-state index >= 15 is 0 Å². The van der Waals surface area contributed by atoms with Crippen molar-refractivity contribution < 1.29 is 37.6 Å². The van der Waals surface area contributed by atoms with E-state index in [9.17, 15) is 19.0 Å². The Labute approximate surface area is 324 Å². The van der Waals surface area contributed by atoms with Gasteiger partial charge in [-0.05, 0) is 70.6 Å². The summed E-state index contributed by atoms with van der Waals surface area (Å²) in [6.45, 7) is 3.68. The molecule has 0 aliphatic rings. The van der Waals surface area contributed by atoms with E-state index < -0.39 is 32.5 Å². The first-order chi connectivity index (χ1) is 25.8. The molecule has 0 amide bonds. The molecule has 0 saturated carbocycles. The number of unbranched alkanes of at least 4 members (excludes halogenated alkanes) is 21. The minimum Gasteiger partial charge on any atom is -0.462 e. The van der Waals surface area contributed by atoms with Crippen molar-refractivity contribution in [3.05, 3.63) is 36.5 Å². The highest BCUT2D eigenvalue weighted by molar-refractivity contribution is 7.47. The number of hydrogen-bond acceptors (Lipinski definition) is 8. The van der Waals surface area contributed by atoms with Crippen molar-refractivity contribution in [2.24, 2.45) is 5.73 Å². The van der Waals surface area contributed by atoms with Crippen LogP contribution in [0.3, 0.4) is 0 Å². The monoisotopic (exact) mass is 770 g/mol. The number of esters is 2. The van der Waals surface area contributed by atoms with Crippen molar-refractivity contribution in [2.45, 2.75) is 200 Å². The second-order valence-electron chi connectivity index (χ2n) is 14.2. The topological polar surface area (TPSA) is 134 Å². The van der Waals surface area contributed by atoms with Crippen molar-refractivity contribution in [3.63, 3.8) is 0 Å². The largest absolute Gasteiger partial charge is 0.472 e. The van der Waals surface area contributed by atoms with Gasteiger partial charge in [0.1, 0.15) is 6.61 Å². The summed E-state index contributed by atoms with van der Waals surface area (Å²) in [5.41, 5.74) is 5.34. The Morgan fingerprint density at radius 2 is 0.981 bits per heavy atom. The maximum absolute atomic E-state index is 12.6. The highest BCUT2D eigenvalue weighted by atomic mass is 31.2. The van der Waals surface area contributed by atoms with Crippen LogP contribution in [0.25, 0.3) is 0 Å². The third-order valence-corrected chi connectivity index (χ3v) is 9.98. The maximum Gasteiger partial charge on any atom is 0.472 e. The first-order valence-corrected chi connectivity index (χ1v) is 23.0. The quantitative estimate of drug-likeness (QED) is 0.0270. The van der Waals surface area contributed by atoms with Crippen molar-refractivity contribution in [1.82, 2.24) is 0 Å². The fraction of sp³-hybridized carbons (Fsp3) is 0.814. The summed E-state index contributed by atoms with van der Waals surface area (Å²) >= 11 is 0. The number of nitrogens with two attached hydrogens (primary N) is 1. The molecule has 0 aliphatic carbocycles. The molecule has 0 heterocycles. The molecule has 0 saturated heterocycles. The Bertz CT molecular complexity index is 970. The van der Waals surface area contributed by atoms with Gasteiger partial charge in [0.05, 0.1) is 13.2 Å². The van der Waals surface area contributed by atoms with E-state index in [4.69, 9.17) is 24.3 Å². The maximum atomic E-state index is 12.6. The molecule has 9 nitrogen and oxygen atoms in total. The van der Waals surface area contributed by atoms with Crippen LogP contribution in [0, 0.1) is 0 Å². The molecule has 3 N–H and O–H groups in total. The lowest BCUT2D eigenvalue weighted by Gasteiger charge is -2.19. The van der Waals surface area contributed by atoms with E-state index in [0.717, 1.165) is 57.8 Å². The Morgan fingerprint density at radius 1 is 0.566 bits per heavy atom. The first-order valence-electron chi connectivity index (χ1n) is 21.5. The molecule has 0 radical (unpaired) electrons. The molecule has 310 valence electrons. The van der Waals surface area contributed by atoms with Crippen LogP contribution in [0.2, 0.25) is 0 Å². The average molecular weight is 770 g/mol. The van der Waals surface area contributed by atoms with Gasteiger partial charge < -0.3 is 20.1 Å². The van der Waals surface area contributed by atoms with E-state index in [-0.39, 0.29) is 32.6 Å². The van der Waals surface area contributed by atoms with Crippen molar-refractivity contribution >= 4 is 19.8 Å². The number of phosphoric acid groups is 1. The minimum absolute atomic E-state index is 0.0506. The van der Waals surface area contributed by atoms with Crippen LogP contribution in [-0.4, -0.2) is 49.3 Å². The van der Waals surface area contributed by atoms with Gasteiger partial charge in [-0.3, -0.25) is 18.6 Å². The van der Waals surface area contributed by atoms with Crippen LogP contribution >= 0.6 is 7.82 Å². The molecule has 0 rings (SSSR count). The molecular weight excluding hydrogens is 689 g/mol. The Hall–Kier alpha value is -1.77.